The van der Waals surface area contributed by atoms with Gasteiger partial charge in [0.1, 0.15) is 12.8 Å². The number of ether oxygens (including phenoxy) is 4. The van der Waals surface area contributed by atoms with E-state index in [0.717, 1.165) is 0 Å². The minimum absolute atomic E-state index is 0.906. The van der Waals surface area contributed by atoms with E-state index in [4.69, 9.17) is 20.4 Å². The molecule has 12 heteroatoms. The summed E-state index contributed by atoms with van der Waals surface area (Å²) in [6.07, 6.45) is -9.46. The third-order valence-electron chi connectivity index (χ3n) is 2.17. The van der Waals surface area contributed by atoms with Gasteiger partial charge in [-0.3, -0.25) is 0 Å². The molecule has 1 aliphatic rings. The summed E-state index contributed by atoms with van der Waals surface area (Å²) in [7, 11) is 0. The fourth-order valence-corrected chi connectivity index (χ4v) is 1.74. The topological polar surface area (TPSA) is 186 Å². The van der Waals surface area contributed by atoms with E-state index in [1.807, 2.05) is 0 Å². The van der Waals surface area contributed by atoms with Crippen LogP contribution in [0.3, 0.4) is 0 Å². The molecule has 20 heavy (non-hydrogen) atoms. The second kappa shape index (κ2) is 4.99. The maximum Gasteiger partial charge on any atom is 0.509 e. The van der Waals surface area contributed by atoms with Crippen LogP contribution in [-0.4, -0.2) is 56.6 Å². The zero-order valence-electron chi connectivity index (χ0n) is 9.47. The van der Waals surface area contributed by atoms with Gasteiger partial charge in [-0.15, -0.1) is 0 Å². The van der Waals surface area contributed by atoms with Gasteiger partial charge in [0, 0.05) is 0 Å². The second-order valence-electron chi connectivity index (χ2n) is 3.65. The van der Waals surface area contributed by atoms with Crippen LogP contribution in [0.5, 0.6) is 0 Å². The molecule has 1 aliphatic carbocycles. The van der Waals surface area contributed by atoms with E-state index >= 15 is 0 Å². The molecule has 112 valence electrons. The molecule has 0 aromatic carbocycles. The first kappa shape index (κ1) is 15.1. The molecular weight excluding hydrogens is 288 g/mol. The highest BCUT2D eigenvalue weighted by Gasteiger charge is 2.67. The zero-order valence-corrected chi connectivity index (χ0v) is 9.47. The molecule has 0 atom stereocenters. The van der Waals surface area contributed by atoms with Gasteiger partial charge in [0.25, 0.3) is 11.6 Å². The average molecular weight is 296 g/mol. The van der Waals surface area contributed by atoms with E-state index in [1.165, 1.54) is 0 Å². The molecule has 1 fully saturated rings. The Labute approximate surface area is 109 Å². The van der Waals surface area contributed by atoms with Crippen LogP contribution in [0.4, 0.5) is 19.2 Å². The zero-order chi connectivity index (χ0) is 15.6. The highest BCUT2D eigenvalue weighted by atomic mass is 16.8. The van der Waals surface area contributed by atoms with E-state index in [0.29, 0.717) is 0 Å². The molecule has 1 rings (SSSR count). The van der Waals surface area contributed by atoms with Gasteiger partial charge in [-0.1, -0.05) is 0 Å². The molecule has 12 nitrogen and oxygen atoms in total. The molecule has 0 radical (unpaired) electrons. The van der Waals surface area contributed by atoms with Gasteiger partial charge in [-0.25, -0.2) is 19.2 Å². The van der Waals surface area contributed by atoms with E-state index in [9.17, 15) is 19.2 Å². The average Bonchev–Trinajstić information content (AvgIpc) is 2.08. The van der Waals surface area contributed by atoms with Crippen LogP contribution in [0.1, 0.15) is 12.8 Å². The Hall–Kier alpha value is -2.92. The largest absolute Gasteiger partial charge is 0.509 e. The van der Waals surface area contributed by atoms with Crippen molar-refractivity contribution in [2.75, 3.05) is 0 Å². The Morgan fingerprint density at radius 1 is 0.600 bits per heavy atom. The fourth-order valence-electron chi connectivity index (χ4n) is 1.74. The maximum atomic E-state index is 10.4. The molecule has 0 aromatic rings. The highest BCUT2D eigenvalue weighted by Crippen LogP contribution is 2.48. The summed E-state index contributed by atoms with van der Waals surface area (Å²) in [6, 6.07) is 0. The van der Waals surface area contributed by atoms with Gasteiger partial charge in [0.2, 0.25) is 0 Å². The van der Waals surface area contributed by atoms with Gasteiger partial charge < -0.3 is 39.4 Å². The molecule has 0 spiro atoms. The summed E-state index contributed by atoms with van der Waals surface area (Å²) in [6.45, 7) is 0. The van der Waals surface area contributed by atoms with Gasteiger partial charge in [0.05, 0.1) is 0 Å². The van der Waals surface area contributed by atoms with Crippen molar-refractivity contribution in [2.24, 2.45) is 0 Å². The molecule has 1 saturated carbocycles. The molecule has 0 amide bonds. The quantitative estimate of drug-likeness (QED) is 0.425. The van der Waals surface area contributed by atoms with E-state index in [1.54, 1.807) is 0 Å². The van der Waals surface area contributed by atoms with Crippen molar-refractivity contribution in [3.05, 3.63) is 0 Å². The van der Waals surface area contributed by atoms with Crippen molar-refractivity contribution >= 4 is 24.6 Å². The molecule has 0 aromatic heterocycles. The third-order valence-corrected chi connectivity index (χ3v) is 2.17. The Bertz CT molecular complexity index is 370. The van der Waals surface area contributed by atoms with Gasteiger partial charge in [-0.05, 0) is 0 Å². The van der Waals surface area contributed by atoms with Gasteiger partial charge in [-0.2, -0.15) is 0 Å². The van der Waals surface area contributed by atoms with Gasteiger partial charge in [0.15, 0.2) is 0 Å². The Balaban J connectivity index is 2.89. The minimum atomic E-state index is -2.30. The van der Waals surface area contributed by atoms with Crippen molar-refractivity contribution < 1.29 is 58.6 Å². The Morgan fingerprint density at radius 2 is 0.800 bits per heavy atom. The number of hydrogen-bond acceptors (Lipinski definition) is 8. The minimum Gasteiger partial charge on any atom is -0.450 e. The lowest BCUT2D eigenvalue weighted by atomic mass is 9.83. The predicted molar refractivity (Wildman–Crippen MR) is 51.1 cm³/mol. The molecule has 0 saturated heterocycles. The normalized spacial score (nSPS) is 18.0. The molecule has 0 bridgehead atoms. The second-order valence-corrected chi connectivity index (χ2v) is 3.65. The monoisotopic (exact) mass is 296 g/mol. The number of carbonyl (C=O) groups is 4. The van der Waals surface area contributed by atoms with Crippen LogP contribution < -0.4 is 0 Å². The van der Waals surface area contributed by atoms with Crippen molar-refractivity contribution in [3.8, 4) is 0 Å². The number of rotatable bonds is 4. The summed E-state index contributed by atoms with van der Waals surface area (Å²) in [5.74, 6) is -4.61. The van der Waals surface area contributed by atoms with E-state index in [-0.39, 0.29) is 0 Å². The van der Waals surface area contributed by atoms with E-state index in [2.05, 4.69) is 18.9 Å². The fraction of sp³-hybridized carbons (Fsp3) is 0.500. The van der Waals surface area contributed by atoms with Crippen molar-refractivity contribution in [1.29, 1.82) is 0 Å². The van der Waals surface area contributed by atoms with Crippen LogP contribution in [0, 0.1) is 0 Å². The van der Waals surface area contributed by atoms with Gasteiger partial charge >= 0.3 is 24.6 Å². The maximum absolute atomic E-state index is 10.4. The predicted octanol–water partition coefficient (Wildman–Crippen LogP) is 0.951. The smallest absolute Gasteiger partial charge is 0.450 e. The first-order chi connectivity index (χ1) is 9.08. The summed E-state index contributed by atoms with van der Waals surface area (Å²) < 4.78 is 16.7. The summed E-state index contributed by atoms with van der Waals surface area (Å²) >= 11 is 0. The first-order valence-corrected chi connectivity index (χ1v) is 4.76. The van der Waals surface area contributed by atoms with Crippen LogP contribution in [0.25, 0.3) is 0 Å². The lowest BCUT2D eigenvalue weighted by Crippen LogP contribution is -2.64. The standard InChI is InChI=1S/C8H8O12/c9-3(10)17-7(18-4(11)12)1-8(2-7,19-5(13)14)20-6(15)16/h1-2H2,(H,9,10)(H,11,12)(H,13,14)(H,15,16). The molecule has 0 unspecified atom stereocenters. The summed E-state index contributed by atoms with van der Waals surface area (Å²) in [5, 5.41) is 33.8. The lowest BCUT2D eigenvalue weighted by molar-refractivity contribution is -0.355. The Morgan fingerprint density at radius 3 is 0.950 bits per heavy atom. The molecular formula is C8H8O12. The van der Waals surface area contributed by atoms with Crippen LogP contribution in [0.2, 0.25) is 0 Å². The molecule has 0 heterocycles. The van der Waals surface area contributed by atoms with Crippen LogP contribution in [0.15, 0.2) is 0 Å². The van der Waals surface area contributed by atoms with Crippen molar-refractivity contribution in [3.63, 3.8) is 0 Å². The Kier molecular flexibility index (Phi) is 3.77. The highest BCUT2D eigenvalue weighted by molar-refractivity contribution is 5.63. The molecule has 0 aliphatic heterocycles. The van der Waals surface area contributed by atoms with E-state index < -0.39 is 49.0 Å². The summed E-state index contributed by atoms with van der Waals surface area (Å²) in [5.41, 5.74) is 0. The number of carboxylic acid groups (broad SMARTS) is 4. The lowest BCUT2D eigenvalue weighted by Gasteiger charge is -2.48. The SMILES string of the molecule is O=C(O)OC1(OC(=O)O)CC(OC(=O)O)(OC(=O)O)C1. The number of hydrogen-bond donors (Lipinski definition) is 4. The first-order valence-electron chi connectivity index (χ1n) is 4.76. The van der Waals surface area contributed by atoms with Crippen molar-refractivity contribution in [2.45, 2.75) is 24.4 Å². The van der Waals surface area contributed by atoms with Crippen molar-refractivity contribution in [1.82, 2.24) is 0 Å². The third kappa shape index (κ3) is 3.54. The van der Waals surface area contributed by atoms with Crippen LogP contribution >= 0.6 is 0 Å². The molecule has 4 N–H and O–H groups in total. The summed E-state index contributed by atoms with van der Waals surface area (Å²) in [4.78, 5) is 41.7. The van der Waals surface area contributed by atoms with Crippen LogP contribution in [-0.2, 0) is 18.9 Å².